The van der Waals surface area contributed by atoms with Crippen molar-refractivity contribution < 1.29 is 0 Å². The van der Waals surface area contributed by atoms with Gasteiger partial charge in [0.05, 0.1) is 38.3 Å². The average molecular weight is 693 g/mol. The Kier molecular flexibility index (Phi) is 5.90. The van der Waals surface area contributed by atoms with E-state index in [2.05, 4.69) is 179 Å². The molecule has 0 spiro atoms. The molecule has 11 aromatic rings. The molecule has 1 aliphatic heterocycles. The van der Waals surface area contributed by atoms with Crippen LogP contribution in [0, 0.1) is 0 Å². The van der Waals surface area contributed by atoms with Crippen LogP contribution in [0.1, 0.15) is 0 Å². The zero-order valence-electron chi connectivity index (χ0n) is 28.4. The predicted octanol–water partition coefficient (Wildman–Crippen LogP) is 13.4. The maximum atomic E-state index is 5.55. The number of benzene rings is 8. The number of hydrogen-bond acceptors (Lipinski definition) is 4. The molecule has 53 heavy (non-hydrogen) atoms. The SMILES string of the molecule is c1ccc2c(c1)-c1cccc3cccc(c13)N2c1ccc(-c2nc(-n3c4ccccc4c4ccccc43)c3sc4ccccc4c3n2)c2ccccc12. The van der Waals surface area contributed by atoms with Gasteiger partial charge in [-0.25, -0.2) is 9.97 Å². The fourth-order valence-electron chi connectivity index (χ4n) is 8.69. The van der Waals surface area contributed by atoms with Gasteiger partial charge in [-0.1, -0.05) is 127 Å². The van der Waals surface area contributed by atoms with E-state index in [1.165, 1.54) is 48.7 Å². The molecule has 0 unspecified atom stereocenters. The second-order valence-corrected chi connectivity index (χ2v) is 14.8. The van der Waals surface area contributed by atoms with Crippen LogP contribution >= 0.6 is 11.3 Å². The second-order valence-electron chi connectivity index (χ2n) is 13.7. The average Bonchev–Trinajstić information content (AvgIpc) is 3.77. The molecule has 3 aromatic heterocycles. The molecule has 0 fully saturated rings. The Bertz CT molecular complexity index is 3260. The van der Waals surface area contributed by atoms with E-state index < -0.39 is 0 Å². The third-order valence-electron chi connectivity index (χ3n) is 10.9. The molecule has 1 aliphatic rings. The summed E-state index contributed by atoms with van der Waals surface area (Å²) in [6, 6.07) is 61.1. The third kappa shape index (κ3) is 4.00. The largest absolute Gasteiger partial charge is 0.309 e. The van der Waals surface area contributed by atoms with Crippen LogP contribution in [0.4, 0.5) is 17.1 Å². The second kappa shape index (κ2) is 10.8. The van der Waals surface area contributed by atoms with E-state index in [9.17, 15) is 0 Å². The summed E-state index contributed by atoms with van der Waals surface area (Å²) in [6.45, 7) is 0. The Morgan fingerprint density at radius 2 is 1.04 bits per heavy atom. The standard InChI is InChI=1S/C48H28N4S/c1-2-16-31-30(15-1)36(27-28-41(31)51-38-22-7-5-19-34(38)35-21-11-13-29-14-12-25-42(51)44(29)35)47-49-45-37-20-6-10-26-43(37)53-46(45)48(50-47)52-39-23-8-3-17-32(39)33-18-4-9-24-40(33)52/h1-28H. The lowest BCUT2D eigenvalue weighted by molar-refractivity contribution is 1.08. The molecule has 0 N–H and O–H groups in total. The summed E-state index contributed by atoms with van der Waals surface area (Å²) in [5.74, 6) is 1.62. The van der Waals surface area contributed by atoms with Crippen LogP contribution in [0.3, 0.4) is 0 Å². The van der Waals surface area contributed by atoms with Gasteiger partial charge in [-0.2, -0.15) is 0 Å². The van der Waals surface area contributed by atoms with Crippen LogP contribution in [0.15, 0.2) is 170 Å². The molecule has 0 bridgehead atoms. The molecule has 246 valence electrons. The van der Waals surface area contributed by atoms with Crippen LogP contribution < -0.4 is 4.90 Å². The van der Waals surface area contributed by atoms with Crippen LogP contribution in [0.25, 0.3) is 92.0 Å². The van der Waals surface area contributed by atoms with E-state index in [4.69, 9.17) is 9.97 Å². The van der Waals surface area contributed by atoms with Crippen LogP contribution in [-0.2, 0) is 0 Å². The summed E-state index contributed by atoms with van der Waals surface area (Å²) in [5.41, 5.74) is 10.3. The molecule has 4 nitrogen and oxygen atoms in total. The van der Waals surface area contributed by atoms with Crippen LogP contribution in [-0.4, -0.2) is 14.5 Å². The Morgan fingerprint density at radius 3 is 1.85 bits per heavy atom. The van der Waals surface area contributed by atoms with E-state index in [0.717, 1.165) is 54.5 Å². The highest BCUT2D eigenvalue weighted by Gasteiger charge is 2.28. The quantitative estimate of drug-likeness (QED) is 0.185. The maximum absolute atomic E-state index is 5.55. The van der Waals surface area contributed by atoms with E-state index >= 15 is 0 Å². The first-order chi connectivity index (χ1) is 26.3. The summed E-state index contributed by atoms with van der Waals surface area (Å²) in [7, 11) is 0. The molecule has 4 heterocycles. The number of fused-ring (bicyclic) bond motifs is 9. The lowest BCUT2D eigenvalue weighted by Gasteiger charge is -2.34. The summed E-state index contributed by atoms with van der Waals surface area (Å²) in [5, 5.41) is 8.35. The molecule has 8 aromatic carbocycles. The van der Waals surface area contributed by atoms with Crippen molar-refractivity contribution in [3.8, 4) is 28.3 Å². The normalized spacial score (nSPS) is 12.5. The highest BCUT2D eigenvalue weighted by Crippen LogP contribution is 2.52. The van der Waals surface area contributed by atoms with Gasteiger partial charge in [0.1, 0.15) is 0 Å². The molecule has 5 heteroatoms. The molecular formula is C48H28N4S. The van der Waals surface area contributed by atoms with E-state index in [1.807, 2.05) is 0 Å². The van der Waals surface area contributed by atoms with Crippen molar-refractivity contribution >= 4 is 92.1 Å². The fraction of sp³-hybridized carbons (Fsp3) is 0. The summed E-state index contributed by atoms with van der Waals surface area (Å²) >= 11 is 1.77. The molecular weight excluding hydrogens is 665 g/mol. The number of anilines is 3. The number of thiophene rings is 1. The summed E-state index contributed by atoms with van der Waals surface area (Å²) < 4.78 is 4.63. The van der Waals surface area contributed by atoms with Gasteiger partial charge in [0, 0.05) is 42.8 Å². The first kappa shape index (κ1) is 28.8. The van der Waals surface area contributed by atoms with Crippen LogP contribution in [0.2, 0.25) is 0 Å². The van der Waals surface area contributed by atoms with Crippen molar-refractivity contribution in [3.63, 3.8) is 0 Å². The lowest BCUT2D eigenvalue weighted by atomic mass is 9.90. The smallest absolute Gasteiger partial charge is 0.162 e. The fourth-order valence-corrected chi connectivity index (χ4v) is 9.81. The summed E-state index contributed by atoms with van der Waals surface area (Å²) in [4.78, 5) is 13.4. The van der Waals surface area contributed by atoms with Crippen molar-refractivity contribution in [2.24, 2.45) is 0 Å². The first-order valence-corrected chi connectivity index (χ1v) is 18.7. The van der Waals surface area contributed by atoms with E-state index in [1.54, 1.807) is 11.3 Å². The topological polar surface area (TPSA) is 34.0 Å². The monoisotopic (exact) mass is 692 g/mol. The first-order valence-electron chi connectivity index (χ1n) is 17.9. The van der Waals surface area contributed by atoms with Gasteiger partial charge >= 0.3 is 0 Å². The predicted molar refractivity (Wildman–Crippen MR) is 223 cm³/mol. The highest BCUT2D eigenvalue weighted by molar-refractivity contribution is 7.26. The molecule has 0 aliphatic carbocycles. The van der Waals surface area contributed by atoms with Gasteiger partial charge in [0.2, 0.25) is 0 Å². The maximum Gasteiger partial charge on any atom is 0.162 e. The summed E-state index contributed by atoms with van der Waals surface area (Å²) in [6.07, 6.45) is 0. The minimum atomic E-state index is 0.715. The van der Waals surface area contributed by atoms with Crippen molar-refractivity contribution in [2.75, 3.05) is 4.90 Å². The minimum absolute atomic E-state index is 0.715. The molecule has 0 saturated carbocycles. The van der Waals surface area contributed by atoms with Gasteiger partial charge < -0.3 is 4.90 Å². The minimum Gasteiger partial charge on any atom is -0.309 e. The molecule has 0 saturated heterocycles. The molecule has 12 rings (SSSR count). The lowest BCUT2D eigenvalue weighted by Crippen LogP contribution is -2.15. The van der Waals surface area contributed by atoms with Gasteiger partial charge in [-0.3, -0.25) is 4.57 Å². The highest BCUT2D eigenvalue weighted by atomic mass is 32.1. The number of aromatic nitrogens is 3. The number of para-hydroxylation sites is 3. The Morgan fingerprint density at radius 1 is 0.415 bits per heavy atom. The van der Waals surface area contributed by atoms with Crippen molar-refractivity contribution in [3.05, 3.63) is 170 Å². The Balaban J connectivity index is 1.15. The number of nitrogens with zero attached hydrogens (tertiary/aromatic N) is 4. The molecule has 0 atom stereocenters. The van der Waals surface area contributed by atoms with Crippen molar-refractivity contribution in [1.82, 2.24) is 14.5 Å². The van der Waals surface area contributed by atoms with Gasteiger partial charge in [0.15, 0.2) is 11.6 Å². The van der Waals surface area contributed by atoms with Crippen LogP contribution in [0.5, 0.6) is 0 Å². The third-order valence-corrected chi connectivity index (χ3v) is 12.1. The van der Waals surface area contributed by atoms with Crippen molar-refractivity contribution in [2.45, 2.75) is 0 Å². The molecule has 0 amide bonds. The zero-order valence-corrected chi connectivity index (χ0v) is 29.2. The van der Waals surface area contributed by atoms with Gasteiger partial charge in [0.25, 0.3) is 0 Å². The van der Waals surface area contributed by atoms with E-state index in [0.29, 0.717) is 5.82 Å². The number of hydrogen-bond donors (Lipinski definition) is 0. The Labute approximate surface area is 308 Å². The van der Waals surface area contributed by atoms with Gasteiger partial charge in [-0.05, 0) is 58.8 Å². The Hall–Kier alpha value is -6.82. The van der Waals surface area contributed by atoms with Crippen molar-refractivity contribution in [1.29, 1.82) is 0 Å². The van der Waals surface area contributed by atoms with E-state index in [-0.39, 0.29) is 0 Å². The molecule has 0 radical (unpaired) electrons. The van der Waals surface area contributed by atoms with Gasteiger partial charge in [-0.15, -0.1) is 11.3 Å². The zero-order chi connectivity index (χ0) is 34.6. The number of rotatable bonds is 3.